The predicted molar refractivity (Wildman–Crippen MR) is 52.5 cm³/mol. The van der Waals surface area contributed by atoms with E-state index in [2.05, 4.69) is 15.9 Å². The van der Waals surface area contributed by atoms with Crippen LogP contribution < -0.4 is 5.73 Å². The van der Waals surface area contributed by atoms with Crippen molar-refractivity contribution in [1.29, 1.82) is 0 Å². The van der Waals surface area contributed by atoms with Crippen molar-refractivity contribution < 1.29 is 9.53 Å². The Kier molecular flexibility index (Phi) is 2.09. The second-order valence-electron chi connectivity index (χ2n) is 2.92. The number of nitrogens with two attached hydrogens (primary N) is 1. The molecule has 0 bridgehead atoms. The normalized spacial score (nSPS) is 15.6. The minimum Gasteiger partial charge on any atom is -0.398 e. The number of hydrogen-bond donors (Lipinski definition) is 1. The van der Waals surface area contributed by atoms with E-state index in [0.29, 0.717) is 22.3 Å². The van der Waals surface area contributed by atoms with Crippen LogP contribution in [0.3, 0.4) is 0 Å². The quantitative estimate of drug-likeness (QED) is 0.705. The lowest BCUT2D eigenvalue weighted by molar-refractivity contribution is 0.0664. The summed E-state index contributed by atoms with van der Waals surface area (Å²) < 4.78 is 5.78. The Hall–Kier alpha value is -0.870. The van der Waals surface area contributed by atoms with Crippen LogP contribution in [0.1, 0.15) is 15.9 Å². The van der Waals surface area contributed by atoms with Gasteiger partial charge in [0.1, 0.15) is 6.61 Å². The molecule has 0 saturated heterocycles. The van der Waals surface area contributed by atoms with E-state index in [-0.39, 0.29) is 12.4 Å². The Balaban J connectivity index is 2.65. The van der Waals surface area contributed by atoms with Crippen LogP contribution in [0, 0.1) is 0 Å². The highest BCUT2D eigenvalue weighted by Gasteiger charge is 2.21. The van der Waals surface area contributed by atoms with Gasteiger partial charge in [-0.1, -0.05) is 6.07 Å². The average Bonchev–Trinajstić information content (AvgIpc) is 2.12. The molecular formula is C9H8BrNO2. The van der Waals surface area contributed by atoms with Crippen LogP contribution >= 0.6 is 15.9 Å². The van der Waals surface area contributed by atoms with Gasteiger partial charge in [-0.2, -0.15) is 0 Å². The molecule has 1 aromatic rings. The Morgan fingerprint density at radius 1 is 1.38 bits per heavy atom. The van der Waals surface area contributed by atoms with E-state index in [1.54, 1.807) is 6.07 Å². The van der Waals surface area contributed by atoms with Crippen LogP contribution in [0.5, 0.6) is 0 Å². The maximum atomic E-state index is 11.4. The van der Waals surface area contributed by atoms with Gasteiger partial charge in [0.05, 0.1) is 11.1 Å². The molecule has 0 saturated carbocycles. The number of hydrogen-bond acceptors (Lipinski definition) is 3. The number of benzene rings is 1. The van der Waals surface area contributed by atoms with Crippen LogP contribution in [0.2, 0.25) is 0 Å². The fourth-order valence-corrected chi connectivity index (χ4v) is 1.99. The van der Waals surface area contributed by atoms with Gasteiger partial charge in [-0.25, -0.2) is 0 Å². The molecule has 0 unspecified atom stereocenters. The van der Waals surface area contributed by atoms with E-state index >= 15 is 0 Å². The second-order valence-corrected chi connectivity index (χ2v) is 3.71. The van der Waals surface area contributed by atoms with Crippen LogP contribution in [0.15, 0.2) is 16.6 Å². The molecule has 3 nitrogen and oxygen atoms in total. The minimum absolute atomic E-state index is 0.0135. The summed E-state index contributed by atoms with van der Waals surface area (Å²) >= 11 is 3.30. The molecule has 0 radical (unpaired) electrons. The summed E-state index contributed by atoms with van der Waals surface area (Å²) in [7, 11) is 0. The zero-order valence-electron chi connectivity index (χ0n) is 6.84. The molecule has 0 amide bonds. The Bertz CT molecular complexity index is 376. The summed E-state index contributed by atoms with van der Waals surface area (Å²) in [5.74, 6) is -0.0135. The number of Topliss-reactive ketones (excluding diaryl/α,β-unsaturated/α-hetero) is 1. The van der Waals surface area contributed by atoms with Crippen molar-refractivity contribution >= 4 is 27.4 Å². The first kappa shape index (κ1) is 8.72. The highest BCUT2D eigenvalue weighted by Crippen LogP contribution is 2.30. The standard InChI is InChI=1S/C9H8BrNO2/c10-9-6(11)2-1-5-3-13-4-7(12)8(5)9/h1-2H,3-4,11H2. The third kappa shape index (κ3) is 1.36. The zero-order valence-corrected chi connectivity index (χ0v) is 8.43. The molecule has 68 valence electrons. The van der Waals surface area contributed by atoms with Crippen LogP contribution in [0.4, 0.5) is 5.69 Å². The smallest absolute Gasteiger partial charge is 0.190 e. The molecule has 0 aromatic heterocycles. The molecule has 0 fully saturated rings. The molecule has 2 N–H and O–H groups in total. The van der Waals surface area contributed by atoms with E-state index < -0.39 is 0 Å². The maximum absolute atomic E-state index is 11.4. The summed E-state index contributed by atoms with van der Waals surface area (Å²) in [5.41, 5.74) is 7.83. The average molecular weight is 242 g/mol. The zero-order chi connectivity index (χ0) is 9.42. The Morgan fingerprint density at radius 2 is 2.15 bits per heavy atom. The molecule has 0 atom stereocenters. The second kappa shape index (κ2) is 3.12. The monoisotopic (exact) mass is 241 g/mol. The van der Waals surface area contributed by atoms with Crippen LogP contribution in [-0.4, -0.2) is 12.4 Å². The molecule has 0 spiro atoms. The van der Waals surface area contributed by atoms with E-state index in [0.717, 1.165) is 5.56 Å². The topological polar surface area (TPSA) is 52.3 Å². The van der Waals surface area contributed by atoms with E-state index in [9.17, 15) is 4.79 Å². The number of ether oxygens (including phenoxy) is 1. The molecule has 0 aliphatic carbocycles. The lowest BCUT2D eigenvalue weighted by Gasteiger charge is -2.17. The van der Waals surface area contributed by atoms with E-state index in [1.165, 1.54) is 0 Å². The van der Waals surface area contributed by atoms with Crippen molar-refractivity contribution in [1.82, 2.24) is 0 Å². The number of carbonyl (C=O) groups is 1. The number of anilines is 1. The molecular weight excluding hydrogens is 234 g/mol. The summed E-state index contributed by atoms with van der Waals surface area (Å²) in [6.45, 7) is 0.634. The summed E-state index contributed by atoms with van der Waals surface area (Å²) in [6, 6.07) is 3.59. The third-order valence-corrected chi connectivity index (χ3v) is 2.88. The van der Waals surface area contributed by atoms with Gasteiger partial charge < -0.3 is 10.5 Å². The number of rotatable bonds is 0. The fourth-order valence-electron chi connectivity index (χ4n) is 1.38. The summed E-state index contributed by atoms with van der Waals surface area (Å²) in [6.07, 6.45) is 0. The molecule has 1 aliphatic rings. The Morgan fingerprint density at radius 3 is 2.92 bits per heavy atom. The van der Waals surface area contributed by atoms with Crippen molar-refractivity contribution in [2.75, 3.05) is 12.3 Å². The highest BCUT2D eigenvalue weighted by atomic mass is 79.9. The van der Waals surface area contributed by atoms with Crippen molar-refractivity contribution in [3.8, 4) is 0 Å². The largest absolute Gasteiger partial charge is 0.398 e. The number of fused-ring (bicyclic) bond motifs is 1. The first-order valence-electron chi connectivity index (χ1n) is 3.88. The first-order chi connectivity index (χ1) is 6.20. The minimum atomic E-state index is -0.0135. The number of halogens is 1. The van der Waals surface area contributed by atoms with Gasteiger partial charge in [0, 0.05) is 11.3 Å². The fraction of sp³-hybridized carbons (Fsp3) is 0.222. The summed E-state index contributed by atoms with van der Waals surface area (Å²) in [5, 5.41) is 0. The third-order valence-electron chi connectivity index (χ3n) is 2.03. The SMILES string of the molecule is Nc1ccc2c(c1Br)C(=O)COC2. The van der Waals surface area contributed by atoms with Gasteiger partial charge in [0.15, 0.2) is 5.78 Å². The van der Waals surface area contributed by atoms with Crippen molar-refractivity contribution in [2.24, 2.45) is 0 Å². The van der Waals surface area contributed by atoms with Gasteiger partial charge >= 0.3 is 0 Å². The number of carbonyl (C=O) groups excluding carboxylic acids is 1. The van der Waals surface area contributed by atoms with Crippen molar-refractivity contribution in [3.63, 3.8) is 0 Å². The van der Waals surface area contributed by atoms with Gasteiger partial charge in [-0.15, -0.1) is 0 Å². The van der Waals surface area contributed by atoms with E-state index in [4.69, 9.17) is 10.5 Å². The predicted octanol–water partition coefficient (Wildman–Crippen LogP) is 1.74. The molecule has 1 aliphatic heterocycles. The number of ketones is 1. The molecule has 1 heterocycles. The molecule has 13 heavy (non-hydrogen) atoms. The molecule has 4 heteroatoms. The Labute approximate surface area is 84.0 Å². The van der Waals surface area contributed by atoms with Crippen molar-refractivity contribution in [2.45, 2.75) is 6.61 Å². The molecule has 1 aromatic carbocycles. The first-order valence-corrected chi connectivity index (χ1v) is 4.67. The van der Waals surface area contributed by atoms with Crippen LogP contribution in [-0.2, 0) is 11.3 Å². The highest BCUT2D eigenvalue weighted by molar-refractivity contribution is 9.10. The van der Waals surface area contributed by atoms with Gasteiger partial charge in [-0.3, -0.25) is 4.79 Å². The van der Waals surface area contributed by atoms with Crippen LogP contribution in [0.25, 0.3) is 0 Å². The van der Waals surface area contributed by atoms with Crippen molar-refractivity contribution in [3.05, 3.63) is 27.7 Å². The van der Waals surface area contributed by atoms with Gasteiger partial charge in [-0.05, 0) is 27.6 Å². The summed E-state index contributed by atoms with van der Waals surface area (Å²) in [4.78, 5) is 11.4. The number of nitrogen functional groups attached to an aromatic ring is 1. The molecule has 2 rings (SSSR count). The van der Waals surface area contributed by atoms with Gasteiger partial charge in [0.2, 0.25) is 0 Å². The lowest BCUT2D eigenvalue weighted by atomic mass is 10.0. The maximum Gasteiger partial charge on any atom is 0.190 e. The van der Waals surface area contributed by atoms with E-state index in [1.807, 2.05) is 6.07 Å². The van der Waals surface area contributed by atoms with Gasteiger partial charge in [0.25, 0.3) is 0 Å². The lowest BCUT2D eigenvalue weighted by Crippen LogP contribution is -2.19.